The Balaban J connectivity index is 1.16. The number of piperazine rings is 1. The zero-order valence-corrected chi connectivity index (χ0v) is 20.8. The fourth-order valence-electron chi connectivity index (χ4n) is 4.99. The molecule has 2 aromatic heterocycles. The number of aromatic nitrogens is 2. The third kappa shape index (κ3) is 4.50. The lowest BCUT2D eigenvalue weighted by Crippen LogP contribution is -2.52. The maximum absolute atomic E-state index is 13.2. The highest BCUT2D eigenvalue weighted by Gasteiger charge is 2.33. The first-order chi connectivity index (χ1) is 17.0. The molecule has 2 saturated heterocycles. The number of nitrogens with one attached hydrogen (secondary N) is 1. The van der Waals surface area contributed by atoms with Crippen molar-refractivity contribution in [3.63, 3.8) is 0 Å². The van der Waals surface area contributed by atoms with Crippen molar-refractivity contribution in [2.75, 3.05) is 51.3 Å². The van der Waals surface area contributed by atoms with Crippen LogP contribution in [0, 0.1) is 12.8 Å². The van der Waals surface area contributed by atoms with Gasteiger partial charge in [0, 0.05) is 50.9 Å². The molecular formula is C25H29N5O4S. The van der Waals surface area contributed by atoms with Gasteiger partial charge in [0.2, 0.25) is 5.91 Å². The van der Waals surface area contributed by atoms with Gasteiger partial charge in [-0.2, -0.15) is 0 Å². The van der Waals surface area contributed by atoms with Crippen LogP contribution in [0.1, 0.15) is 28.1 Å². The summed E-state index contributed by atoms with van der Waals surface area (Å²) in [4.78, 5) is 52.5. The highest BCUT2D eigenvalue weighted by Crippen LogP contribution is 2.30. The number of likely N-dealkylation sites (tertiary alicyclic amines) is 1. The molecule has 10 heteroatoms. The van der Waals surface area contributed by atoms with Crippen LogP contribution in [-0.2, 0) is 4.79 Å². The highest BCUT2D eigenvalue weighted by molar-refractivity contribution is 7.20. The number of nitrogens with zero attached hydrogens (tertiary/aromatic N) is 4. The summed E-state index contributed by atoms with van der Waals surface area (Å²) >= 11 is 1.26. The van der Waals surface area contributed by atoms with E-state index in [1.165, 1.54) is 17.7 Å². The molecule has 2 fully saturated rings. The van der Waals surface area contributed by atoms with E-state index in [1.54, 1.807) is 18.9 Å². The smallest absolute Gasteiger partial charge is 0.264 e. The molecule has 0 spiro atoms. The van der Waals surface area contributed by atoms with Crippen LogP contribution in [0.25, 0.3) is 10.2 Å². The van der Waals surface area contributed by atoms with E-state index >= 15 is 0 Å². The number of aromatic amines is 1. The van der Waals surface area contributed by atoms with E-state index in [1.807, 2.05) is 29.2 Å². The summed E-state index contributed by atoms with van der Waals surface area (Å²) in [6.45, 7) is 5.88. The van der Waals surface area contributed by atoms with Gasteiger partial charge >= 0.3 is 0 Å². The Bertz CT molecular complexity index is 1290. The number of benzene rings is 1. The number of anilines is 1. The van der Waals surface area contributed by atoms with E-state index in [-0.39, 0.29) is 23.3 Å². The number of hydrogen-bond donors (Lipinski definition) is 1. The molecule has 184 valence electrons. The normalized spacial score (nSPS) is 17.1. The van der Waals surface area contributed by atoms with Crippen molar-refractivity contribution in [1.29, 1.82) is 0 Å². The lowest BCUT2D eigenvalue weighted by molar-refractivity contribution is -0.137. The summed E-state index contributed by atoms with van der Waals surface area (Å²) in [7, 11) is 1.66. The molecule has 2 aliphatic rings. The molecule has 1 aromatic carbocycles. The van der Waals surface area contributed by atoms with Crippen LogP contribution in [0.3, 0.4) is 0 Å². The number of hydrogen-bond acceptors (Lipinski definition) is 7. The molecule has 35 heavy (non-hydrogen) atoms. The van der Waals surface area contributed by atoms with Gasteiger partial charge in [-0.1, -0.05) is 0 Å². The Morgan fingerprint density at radius 1 is 1.03 bits per heavy atom. The summed E-state index contributed by atoms with van der Waals surface area (Å²) in [5.41, 5.74) is 1.59. The number of amides is 2. The molecule has 0 saturated carbocycles. The Hall–Kier alpha value is -3.40. The van der Waals surface area contributed by atoms with Crippen LogP contribution < -0.4 is 15.2 Å². The molecular weight excluding hydrogens is 466 g/mol. The van der Waals surface area contributed by atoms with Crippen LogP contribution in [0.15, 0.2) is 35.4 Å². The Kier molecular flexibility index (Phi) is 6.46. The number of ether oxygens (including phenoxy) is 1. The van der Waals surface area contributed by atoms with Gasteiger partial charge in [-0.3, -0.25) is 14.4 Å². The number of rotatable bonds is 4. The van der Waals surface area contributed by atoms with Crippen molar-refractivity contribution < 1.29 is 14.3 Å². The zero-order chi connectivity index (χ0) is 24.5. The molecule has 3 aromatic rings. The Morgan fingerprint density at radius 3 is 2.34 bits per heavy atom. The second-order valence-corrected chi connectivity index (χ2v) is 10.0. The largest absolute Gasteiger partial charge is 0.497 e. The Morgan fingerprint density at radius 2 is 1.71 bits per heavy atom. The second kappa shape index (κ2) is 9.69. The van der Waals surface area contributed by atoms with E-state index in [0.29, 0.717) is 59.7 Å². The van der Waals surface area contributed by atoms with Gasteiger partial charge in [0.05, 0.1) is 23.7 Å². The molecule has 0 aliphatic carbocycles. The number of methoxy groups -OCH3 is 1. The molecule has 0 radical (unpaired) electrons. The van der Waals surface area contributed by atoms with E-state index in [2.05, 4.69) is 14.9 Å². The first-order valence-corrected chi connectivity index (χ1v) is 12.7. The topological polar surface area (TPSA) is 98.8 Å². The summed E-state index contributed by atoms with van der Waals surface area (Å²) in [5, 5.41) is 0.486. The SMILES string of the molecule is COc1ccc(N2CCN(C(=O)C3CCN(C(=O)c4sc5nc[nH]c(=O)c5c4C)CC3)CC2)cc1. The number of piperidine rings is 1. The van der Waals surface area contributed by atoms with Gasteiger partial charge in [-0.15, -0.1) is 11.3 Å². The summed E-state index contributed by atoms with van der Waals surface area (Å²) in [6.07, 6.45) is 2.68. The standard InChI is InChI=1S/C25H29N5O4S/c1-16-20-22(31)26-15-27-23(20)35-21(16)25(33)29-9-7-17(8-10-29)24(32)30-13-11-28(12-14-30)18-3-5-19(34-2)6-4-18/h3-6,15,17H,7-14H2,1-2H3,(H,26,27,31). The maximum Gasteiger partial charge on any atom is 0.264 e. The third-order valence-electron chi connectivity index (χ3n) is 7.09. The minimum atomic E-state index is -0.223. The van der Waals surface area contributed by atoms with Crippen LogP contribution in [0.5, 0.6) is 5.75 Å². The zero-order valence-electron chi connectivity index (χ0n) is 20.0. The van der Waals surface area contributed by atoms with E-state index in [4.69, 9.17) is 4.74 Å². The third-order valence-corrected chi connectivity index (χ3v) is 8.28. The van der Waals surface area contributed by atoms with Gasteiger partial charge in [0.15, 0.2) is 0 Å². The predicted molar refractivity (Wildman–Crippen MR) is 135 cm³/mol. The number of carbonyl (C=O) groups excluding carboxylic acids is 2. The van der Waals surface area contributed by atoms with Crippen LogP contribution in [0.2, 0.25) is 0 Å². The van der Waals surface area contributed by atoms with Gasteiger partial charge in [0.1, 0.15) is 10.6 Å². The van der Waals surface area contributed by atoms with Crippen molar-refractivity contribution in [3.8, 4) is 5.75 Å². The monoisotopic (exact) mass is 495 g/mol. The van der Waals surface area contributed by atoms with E-state index in [0.717, 1.165) is 24.5 Å². The number of carbonyl (C=O) groups is 2. The molecule has 0 bridgehead atoms. The van der Waals surface area contributed by atoms with Crippen molar-refractivity contribution >= 4 is 39.1 Å². The number of aryl methyl sites for hydroxylation is 1. The maximum atomic E-state index is 13.2. The van der Waals surface area contributed by atoms with Gasteiger partial charge in [0.25, 0.3) is 11.5 Å². The molecule has 5 rings (SSSR count). The molecule has 4 heterocycles. The first-order valence-electron chi connectivity index (χ1n) is 11.9. The summed E-state index contributed by atoms with van der Waals surface area (Å²) in [6, 6.07) is 8.01. The number of H-pyrrole nitrogens is 1. The van der Waals surface area contributed by atoms with E-state index < -0.39 is 0 Å². The summed E-state index contributed by atoms with van der Waals surface area (Å²) in [5.74, 6) is 0.893. The molecule has 2 amide bonds. The van der Waals surface area contributed by atoms with Crippen LogP contribution >= 0.6 is 11.3 Å². The first kappa shape index (κ1) is 23.3. The van der Waals surface area contributed by atoms with Crippen molar-refractivity contribution in [1.82, 2.24) is 19.8 Å². The highest BCUT2D eigenvalue weighted by atomic mass is 32.1. The molecule has 0 atom stereocenters. The van der Waals surface area contributed by atoms with Crippen LogP contribution in [0.4, 0.5) is 5.69 Å². The molecule has 9 nitrogen and oxygen atoms in total. The quantitative estimate of drug-likeness (QED) is 0.597. The van der Waals surface area contributed by atoms with Gasteiger partial charge in [-0.05, 0) is 49.6 Å². The minimum Gasteiger partial charge on any atom is -0.497 e. The van der Waals surface area contributed by atoms with Crippen molar-refractivity contribution in [2.24, 2.45) is 5.92 Å². The molecule has 0 unspecified atom stereocenters. The average molecular weight is 496 g/mol. The van der Waals surface area contributed by atoms with Crippen LogP contribution in [-0.4, -0.2) is 78.0 Å². The Labute approximate surface area is 207 Å². The van der Waals surface area contributed by atoms with Gasteiger partial charge in [-0.25, -0.2) is 4.98 Å². The van der Waals surface area contributed by atoms with Crippen molar-refractivity contribution in [2.45, 2.75) is 19.8 Å². The minimum absolute atomic E-state index is 0.0559. The molecule has 2 aliphatic heterocycles. The van der Waals surface area contributed by atoms with Gasteiger partial charge < -0.3 is 24.4 Å². The predicted octanol–water partition coefficient (Wildman–Crippen LogP) is 2.50. The molecule has 1 N–H and O–H groups in total. The number of fused-ring (bicyclic) bond motifs is 1. The van der Waals surface area contributed by atoms with Crippen molar-refractivity contribution in [3.05, 3.63) is 51.4 Å². The second-order valence-electron chi connectivity index (χ2n) is 9.04. The fraction of sp³-hybridized carbons (Fsp3) is 0.440. The number of thiophene rings is 1. The fourth-order valence-corrected chi connectivity index (χ4v) is 6.11. The van der Waals surface area contributed by atoms with E-state index in [9.17, 15) is 14.4 Å². The summed E-state index contributed by atoms with van der Waals surface area (Å²) < 4.78 is 5.23. The lowest BCUT2D eigenvalue weighted by Gasteiger charge is -2.39. The lowest BCUT2D eigenvalue weighted by atomic mass is 9.94. The average Bonchev–Trinajstić information content (AvgIpc) is 3.25.